The maximum absolute atomic E-state index is 12.0. The van der Waals surface area contributed by atoms with Crippen LogP contribution in [0.15, 0.2) is 24.3 Å². The van der Waals surface area contributed by atoms with Gasteiger partial charge in [0.1, 0.15) is 9.90 Å². The minimum atomic E-state index is -0.442. The van der Waals surface area contributed by atoms with Crippen LogP contribution in [0, 0.1) is 0 Å². The molecule has 0 saturated heterocycles. The molecular weight excluding hydrogens is 307 g/mol. The summed E-state index contributed by atoms with van der Waals surface area (Å²) < 4.78 is 3.78. The summed E-state index contributed by atoms with van der Waals surface area (Å²) in [5.74, 6) is -0.576. The lowest BCUT2D eigenvalue weighted by Crippen LogP contribution is -2.13. The predicted octanol–water partition coefficient (Wildman–Crippen LogP) is 3.90. The Morgan fingerprint density at radius 1 is 1.26 bits per heavy atom. The summed E-state index contributed by atoms with van der Waals surface area (Å²) in [6.07, 6.45) is 0. The smallest absolute Gasteiger partial charge is 0.268 e. The van der Waals surface area contributed by atoms with Crippen LogP contribution < -0.4 is 5.32 Å². The number of halogens is 2. The van der Waals surface area contributed by atoms with E-state index in [4.69, 9.17) is 23.2 Å². The molecule has 0 aliphatic rings. The summed E-state index contributed by atoms with van der Waals surface area (Å²) in [5.41, 5.74) is 0.864. The Morgan fingerprint density at radius 3 is 2.53 bits per heavy atom. The Balaban J connectivity index is 2.29. The van der Waals surface area contributed by atoms with Crippen molar-refractivity contribution >= 4 is 52.1 Å². The summed E-state index contributed by atoms with van der Waals surface area (Å²) in [5, 5.41) is 2.84. The van der Waals surface area contributed by atoms with Gasteiger partial charge >= 0.3 is 0 Å². The number of benzene rings is 1. The van der Waals surface area contributed by atoms with E-state index in [-0.39, 0.29) is 20.8 Å². The summed E-state index contributed by atoms with van der Waals surface area (Å²) in [7, 11) is 0. The number of nitrogens with zero attached hydrogens (tertiary/aromatic N) is 1. The number of rotatable bonds is 3. The first-order chi connectivity index (χ1) is 9.00. The number of amides is 1. The number of aromatic nitrogens is 1. The van der Waals surface area contributed by atoms with Crippen molar-refractivity contribution in [2.24, 2.45) is 0 Å². The number of para-hydroxylation sites is 1. The van der Waals surface area contributed by atoms with Gasteiger partial charge in [-0.25, -0.2) is 0 Å². The molecule has 2 aromatic rings. The number of Topliss-reactive ketones (excluding diaryl/α,β-unsaturated/α-hetero) is 1. The maximum atomic E-state index is 12.0. The van der Waals surface area contributed by atoms with Gasteiger partial charge in [-0.1, -0.05) is 35.3 Å². The zero-order chi connectivity index (χ0) is 14.0. The lowest BCUT2D eigenvalue weighted by Gasteiger charge is -2.07. The van der Waals surface area contributed by atoms with E-state index in [1.165, 1.54) is 6.92 Å². The van der Waals surface area contributed by atoms with Crippen LogP contribution in [0.5, 0.6) is 0 Å². The van der Waals surface area contributed by atoms with Crippen LogP contribution in [0.25, 0.3) is 0 Å². The molecule has 4 nitrogen and oxygen atoms in total. The molecule has 1 amide bonds. The Bertz CT molecular complexity index is 655. The van der Waals surface area contributed by atoms with Gasteiger partial charge in [0.05, 0.1) is 5.69 Å². The molecule has 19 heavy (non-hydrogen) atoms. The molecule has 2 rings (SSSR count). The molecule has 0 spiro atoms. The molecule has 0 fully saturated rings. The van der Waals surface area contributed by atoms with Crippen molar-refractivity contribution in [2.75, 3.05) is 5.32 Å². The van der Waals surface area contributed by atoms with Gasteiger partial charge < -0.3 is 5.32 Å². The number of nitrogens with one attached hydrogen (secondary N) is 1. The van der Waals surface area contributed by atoms with Gasteiger partial charge in [-0.3, -0.25) is 9.59 Å². The van der Waals surface area contributed by atoms with E-state index in [2.05, 4.69) is 9.69 Å². The van der Waals surface area contributed by atoms with Crippen molar-refractivity contribution in [1.82, 2.24) is 4.37 Å². The molecule has 1 aromatic heterocycles. The van der Waals surface area contributed by atoms with Crippen LogP contribution >= 0.6 is 34.7 Å². The second kappa shape index (κ2) is 5.69. The van der Waals surface area contributed by atoms with Crippen LogP contribution in [0.3, 0.4) is 0 Å². The van der Waals surface area contributed by atoms with E-state index in [1.54, 1.807) is 24.3 Å². The van der Waals surface area contributed by atoms with Crippen molar-refractivity contribution in [3.05, 3.63) is 44.9 Å². The van der Waals surface area contributed by atoms with Crippen LogP contribution in [0.4, 0.5) is 5.69 Å². The van der Waals surface area contributed by atoms with E-state index in [0.29, 0.717) is 11.3 Å². The fraction of sp³-hybridized carbons (Fsp3) is 0.0833. The molecule has 1 N–H and O–H groups in total. The molecule has 98 valence electrons. The van der Waals surface area contributed by atoms with Crippen molar-refractivity contribution in [3.8, 4) is 0 Å². The highest BCUT2D eigenvalue weighted by atomic mass is 35.5. The molecule has 0 atom stereocenters. The maximum Gasteiger partial charge on any atom is 0.268 e. The van der Waals surface area contributed by atoms with Gasteiger partial charge in [-0.2, -0.15) is 4.37 Å². The standard InChI is InChI=1S/C12H8Cl2N2O2S/c1-6(17)7-4-2-3-5-8(7)15-12(18)10-9(13)11(14)16-19-10/h2-5H,1H3,(H,15,18). The second-order valence-electron chi connectivity index (χ2n) is 3.67. The first kappa shape index (κ1) is 14.0. The third-order valence-corrected chi connectivity index (χ3v) is 4.15. The number of ketones is 1. The largest absolute Gasteiger partial charge is 0.321 e. The highest BCUT2D eigenvalue weighted by Crippen LogP contribution is 2.29. The minimum absolute atomic E-state index is 0.0941. The average Bonchev–Trinajstić information content (AvgIpc) is 2.70. The topological polar surface area (TPSA) is 59.1 Å². The molecule has 7 heteroatoms. The number of carbonyl (C=O) groups is 2. The Morgan fingerprint density at radius 2 is 1.95 bits per heavy atom. The highest BCUT2D eigenvalue weighted by molar-refractivity contribution is 7.09. The predicted molar refractivity (Wildman–Crippen MR) is 76.5 cm³/mol. The molecule has 0 aliphatic heterocycles. The summed E-state index contributed by atoms with van der Waals surface area (Å²) in [6.45, 7) is 1.43. The molecule has 0 saturated carbocycles. The van der Waals surface area contributed by atoms with Gasteiger partial charge in [-0.15, -0.1) is 0 Å². The third-order valence-electron chi connectivity index (χ3n) is 2.36. The van der Waals surface area contributed by atoms with E-state index >= 15 is 0 Å². The Labute approximate surface area is 123 Å². The lowest BCUT2D eigenvalue weighted by atomic mass is 10.1. The Hall–Kier alpha value is -1.43. The molecule has 0 unspecified atom stereocenters. The first-order valence-corrected chi connectivity index (χ1v) is 6.75. The zero-order valence-electron chi connectivity index (χ0n) is 9.74. The SMILES string of the molecule is CC(=O)c1ccccc1NC(=O)c1snc(Cl)c1Cl. The fourth-order valence-electron chi connectivity index (χ4n) is 1.48. The van der Waals surface area contributed by atoms with Gasteiger partial charge in [0.15, 0.2) is 10.9 Å². The number of carbonyl (C=O) groups excluding carboxylic acids is 2. The van der Waals surface area contributed by atoms with Crippen molar-refractivity contribution in [3.63, 3.8) is 0 Å². The van der Waals surface area contributed by atoms with Gasteiger partial charge in [0, 0.05) is 5.56 Å². The van der Waals surface area contributed by atoms with E-state index in [9.17, 15) is 9.59 Å². The third kappa shape index (κ3) is 2.94. The number of hydrogen-bond donors (Lipinski definition) is 1. The quantitative estimate of drug-likeness (QED) is 0.874. The minimum Gasteiger partial charge on any atom is -0.321 e. The highest BCUT2D eigenvalue weighted by Gasteiger charge is 2.18. The average molecular weight is 315 g/mol. The van der Waals surface area contributed by atoms with Crippen molar-refractivity contribution in [1.29, 1.82) is 0 Å². The molecule has 1 heterocycles. The van der Waals surface area contributed by atoms with E-state index in [0.717, 1.165) is 11.5 Å². The fourth-order valence-corrected chi connectivity index (χ4v) is 2.59. The molecule has 0 aliphatic carbocycles. The van der Waals surface area contributed by atoms with Crippen LogP contribution in [-0.4, -0.2) is 16.1 Å². The summed E-state index contributed by atoms with van der Waals surface area (Å²) >= 11 is 12.5. The molecule has 0 bridgehead atoms. The van der Waals surface area contributed by atoms with Crippen LogP contribution in [0.2, 0.25) is 10.2 Å². The summed E-state index contributed by atoms with van der Waals surface area (Å²) in [6, 6.07) is 6.73. The van der Waals surface area contributed by atoms with Gasteiger partial charge in [0.25, 0.3) is 5.91 Å². The van der Waals surface area contributed by atoms with Gasteiger partial charge in [0.2, 0.25) is 0 Å². The number of hydrogen-bond acceptors (Lipinski definition) is 4. The summed E-state index contributed by atoms with van der Waals surface area (Å²) in [4.78, 5) is 23.7. The number of anilines is 1. The second-order valence-corrected chi connectivity index (χ2v) is 5.18. The van der Waals surface area contributed by atoms with E-state index in [1.807, 2.05) is 0 Å². The lowest BCUT2D eigenvalue weighted by molar-refractivity contribution is 0.101. The van der Waals surface area contributed by atoms with Crippen LogP contribution in [-0.2, 0) is 0 Å². The van der Waals surface area contributed by atoms with Gasteiger partial charge in [-0.05, 0) is 30.6 Å². The molecule has 1 aromatic carbocycles. The van der Waals surface area contributed by atoms with E-state index < -0.39 is 5.91 Å². The first-order valence-electron chi connectivity index (χ1n) is 5.22. The normalized spacial score (nSPS) is 10.3. The van der Waals surface area contributed by atoms with Crippen LogP contribution in [0.1, 0.15) is 27.0 Å². The Kier molecular flexibility index (Phi) is 4.19. The monoisotopic (exact) mass is 314 g/mol. The molecular formula is C12H8Cl2N2O2S. The molecule has 0 radical (unpaired) electrons. The van der Waals surface area contributed by atoms with Crippen molar-refractivity contribution < 1.29 is 9.59 Å². The van der Waals surface area contributed by atoms with Crippen molar-refractivity contribution in [2.45, 2.75) is 6.92 Å². The zero-order valence-corrected chi connectivity index (χ0v) is 12.1.